The van der Waals surface area contributed by atoms with Crippen LogP contribution in [0.15, 0.2) is 41.0 Å². The van der Waals surface area contributed by atoms with Crippen LogP contribution in [0.3, 0.4) is 0 Å². The second-order valence-corrected chi connectivity index (χ2v) is 5.24. The third kappa shape index (κ3) is 2.05. The Morgan fingerprint density at radius 2 is 1.65 bits per heavy atom. The van der Waals surface area contributed by atoms with Gasteiger partial charge in [-0.25, -0.2) is 4.98 Å². The van der Waals surface area contributed by atoms with Crippen molar-refractivity contribution < 1.29 is 4.42 Å². The normalized spacial score (nSPS) is 11.0. The fourth-order valence-electron chi connectivity index (χ4n) is 2.53. The largest absolute Gasteiger partial charge is 0.444 e. The van der Waals surface area contributed by atoms with E-state index in [1.54, 1.807) is 6.26 Å². The van der Waals surface area contributed by atoms with Gasteiger partial charge in [0, 0.05) is 22.6 Å². The van der Waals surface area contributed by atoms with Crippen LogP contribution >= 0.6 is 0 Å². The highest BCUT2D eigenvalue weighted by molar-refractivity contribution is 5.63. The number of hydrogen-bond acceptors (Lipinski definition) is 2. The molecule has 3 aromatic rings. The maximum absolute atomic E-state index is 5.54. The molecule has 0 aliphatic carbocycles. The lowest BCUT2D eigenvalue weighted by Gasteiger charge is -2.12. The molecule has 3 nitrogen and oxygen atoms in total. The Bertz CT molecular complexity index is 746. The Balaban J connectivity index is 2.16. The molecule has 0 fully saturated rings. The summed E-state index contributed by atoms with van der Waals surface area (Å²) < 4.78 is 7.78. The lowest BCUT2D eigenvalue weighted by Crippen LogP contribution is -1.99. The number of benzene rings is 1. The average Bonchev–Trinajstić information content (AvgIpc) is 2.98. The van der Waals surface area contributed by atoms with Crippen molar-refractivity contribution in [1.82, 2.24) is 9.55 Å². The Morgan fingerprint density at radius 1 is 0.950 bits per heavy atom. The van der Waals surface area contributed by atoms with E-state index in [-0.39, 0.29) is 0 Å². The highest BCUT2D eigenvalue weighted by Crippen LogP contribution is 2.27. The first kappa shape index (κ1) is 12.7. The molecule has 0 unspecified atom stereocenters. The van der Waals surface area contributed by atoms with Crippen LogP contribution in [0.2, 0.25) is 0 Å². The minimum Gasteiger partial charge on any atom is -0.444 e. The van der Waals surface area contributed by atoms with Gasteiger partial charge in [-0.1, -0.05) is 6.07 Å². The van der Waals surface area contributed by atoms with Gasteiger partial charge in [0.2, 0.25) is 5.89 Å². The van der Waals surface area contributed by atoms with E-state index in [0.29, 0.717) is 5.89 Å². The summed E-state index contributed by atoms with van der Waals surface area (Å²) >= 11 is 0. The van der Waals surface area contributed by atoms with Crippen molar-refractivity contribution >= 4 is 0 Å². The van der Waals surface area contributed by atoms with Crippen LogP contribution < -0.4 is 0 Å². The molecule has 0 aliphatic rings. The van der Waals surface area contributed by atoms with Gasteiger partial charge in [-0.15, -0.1) is 0 Å². The second kappa shape index (κ2) is 4.67. The van der Waals surface area contributed by atoms with Gasteiger partial charge in [0.15, 0.2) is 0 Å². The molecular formula is C17H18N2O. The number of aryl methyl sites for hydroxylation is 4. The maximum atomic E-state index is 5.54. The topological polar surface area (TPSA) is 31.0 Å². The van der Waals surface area contributed by atoms with Gasteiger partial charge in [0.1, 0.15) is 6.26 Å². The minimum absolute atomic E-state index is 0.685. The lowest BCUT2D eigenvalue weighted by molar-refractivity contribution is 0.573. The number of rotatable bonds is 2. The molecule has 0 amide bonds. The Kier molecular flexibility index (Phi) is 2.97. The van der Waals surface area contributed by atoms with E-state index in [1.165, 1.54) is 11.4 Å². The van der Waals surface area contributed by atoms with Crippen LogP contribution in [-0.4, -0.2) is 9.55 Å². The molecule has 0 radical (unpaired) electrons. The van der Waals surface area contributed by atoms with Gasteiger partial charge in [0.25, 0.3) is 0 Å². The number of oxazole rings is 1. The standard InChI is InChI=1S/C17H18N2O/c1-11-5-8-15(19-13(3)6-7-14(19)4)9-16(11)17-18-12(2)10-20-17/h5-10H,1-4H3. The summed E-state index contributed by atoms with van der Waals surface area (Å²) in [7, 11) is 0. The van der Waals surface area contributed by atoms with Crippen molar-refractivity contribution in [2.75, 3.05) is 0 Å². The number of aromatic nitrogens is 2. The van der Waals surface area contributed by atoms with Crippen molar-refractivity contribution in [3.8, 4) is 17.1 Å². The average molecular weight is 266 g/mol. The first-order valence-corrected chi connectivity index (χ1v) is 6.75. The number of nitrogens with zero attached hydrogens (tertiary/aromatic N) is 2. The van der Waals surface area contributed by atoms with Crippen LogP contribution in [0, 0.1) is 27.7 Å². The quantitative estimate of drug-likeness (QED) is 0.689. The van der Waals surface area contributed by atoms with Gasteiger partial charge < -0.3 is 8.98 Å². The smallest absolute Gasteiger partial charge is 0.226 e. The van der Waals surface area contributed by atoms with E-state index < -0.39 is 0 Å². The first-order valence-electron chi connectivity index (χ1n) is 6.75. The first-order chi connectivity index (χ1) is 9.56. The fraction of sp³-hybridized carbons (Fsp3) is 0.235. The van der Waals surface area contributed by atoms with Gasteiger partial charge in [0.05, 0.1) is 5.69 Å². The van der Waals surface area contributed by atoms with Crippen molar-refractivity contribution in [2.45, 2.75) is 27.7 Å². The van der Waals surface area contributed by atoms with Gasteiger partial charge in [-0.2, -0.15) is 0 Å². The molecular weight excluding hydrogens is 248 g/mol. The van der Waals surface area contributed by atoms with Crippen molar-refractivity contribution in [3.63, 3.8) is 0 Å². The van der Waals surface area contributed by atoms with E-state index >= 15 is 0 Å². The summed E-state index contributed by atoms with van der Waals surface area (Å²) in [5, 5.41) is 0. The molecule has 20 heavy (non-hydrogen) atoms. The molecule has 0 saturated heterocycles. The number of hydrogen-bond donors (Lipinski definition) is 0. The molecule has 0 atom stereocenters. The maximum Gasteiger partial charge on any atom is 0.226 e. The summed E-state index contributed by atoms with van der Waals surface area (Å²) in [4.78, 5) is 4.43. The van der Waals surface area contributed by atoms with Crippen LogP contribution in [0.25, 0.3) is 17.1 Å². The van der Waals surface area contributed by atoms with Gasteiger partial charge in [-0.3, -0.25) is 0 Å². The zero-order valence-electron chi connectivity index (χ0n) is 12.3. The molecule has 0 spiro atoms. The molecule has 0 bridgehead atoms. The Hall–Kier alpha value is -2.29. The van der Waals surface area contributed by atoms with E-state index in [1.807, 2.05) is 6.92 Å². The lowest BCUT2D eigenvalue weighted by atomic mass is 10.1. The zero-order chi connectivity index (χ0) is 14.3. The molecule has 0 aliphatic heterocycles. The minimum atomic E-state index is 0.685. The van der Waals surface area contributed by atoms with Gasteiger partial charge >= 0.3 is 0 Å². The van der Waals surface area contributed by atoms with Crippen LogP contribution in [0.5, 0.6) is 0 Å². The highest BCUT2D eigenvalue weighted by atomic mass is 16.3. The highest BCUT2D eigenvalue weighted by Gasteiger charge is 2.11. The van der Waals surface area contributed by atoms with Crippen molar-refractivity contribution in [1.29, 1.82) is 0 Å². The van der Waals surface area contributed by atoms with Gasteiger partial charge in [-0.05, 0) is 57.5 Å². The predicted molar refractivity (Wildman–Crippen MR) is 80.2 cm³/mol. The van der Waals surface area contributed by atoms with E-state index in [9.17, 15) is 0 Å². The third-order valence-electron chi connectivity index (χ3n) is 3.60. The van der Waals surface area contributed by atoms with Crippen molar-refractivity contribution in [3.05, 3.63) is 59.2 Å². The zero-order valence-corrected chi connectivity index (χ0v) is 12.3. The van der Waals surface area contributed by atoms with Crippen LogP contribution in [0.4, 0.5) is 0 Å². The van der Waals surface area contributed by atoms with Crippen LogP contribution in [0.1, 0.15) is 22.6 Å². The van der Waals surface area contributed by atoms with Crippen molar-refractivity contribution in [2.24, 2.45) is 0 Å². The molecule has 1 aromatic carbocycles. The fourth-order valence-corrected chi connectivity index (χ4v) is 2.53. The second-order valence-electron chi connectivity index (χ2n) is 5.24. The molecule has 3 heteroatoms. The summed E-state index contributed by atoms with van der Waals surface area (Å²) in [5.74, 6) is 0.685. The SMILES string of the molecule is Cc1coc(-c2cc(-n3c(C)ccc3C)ccc2C)n1. The summed E-state index contributed by atoms with van der Waals surface area (Å²) in [6.45, 7) is 8.24. The Morgan fingerprint density at radius 3 is 2.25 bits per heavy atom. The molecule has 0 saturated carbocycles. The summed E-state index contributed by atoms with van der Waals surface area (Å²) in [6.07, 6.45) is 1.69. The van der Waals surface area contributed by atoms with Crippen LogP contribution in [-0.2, 0) is 0 Å². The molecule has 102 valence electrons. The third-order valence-corrected chi connectivity index (χ3v) is 3.60. The Labute approximate surface area is 118 Å². The molecule has 2 aromatic heterocycles. The monoisotopic (exact) mass is 266 g/mol. The predicted octanol–water partition coefficient (Wildman–Crippen LogP) is 4.37. The summed E-state index contributed by atoms with van der Waals surface area (Å²) in [5.41, 5.74) is 6.70. The molecule has 2 heterocycles. The van der Waals surface area contributed by atoms with E-state index in [4.69, 9.17) is 4.42 Å². The van der Waals surface area contributed by atoms with E-state index in [0.717, 1.165) is 22.5 Å². The summed E-state index contributed by atoms with van der Waals surface area (Å²) in [6, 6.07) is 10.6. The van der Waals surface area contributed by atoms with E-state index in [2.05, 4.69) is 60.7 Å². The molecule has 0 N–H and O–H groups in total. The molecule has 3 rings (SSSR count).